The van der Waals surface area contributed by atoms with E-state index in [9.17, 15) is 0 Å². The summed E-state index contributed by atoms with van der Waals surface area (Å²) >= 11 is 6.09. The standard InChI is InChI=1S/C11H10ClN3O/c1-16-9-4-2-3-8(12)10(9)11-14-5-7(13)6-15-11/h2-6H,13H2,1H3. The molecule has 4 nitrogen and oxygen atoms in total. The molecule has 2 N–H and O–H groups in total. The van der Waals surface area contributed by atoms with Crippen molar-refractivity contribution >= 4 is 17.3 Å². The van der Waals surface area contributed by atoms with E-state index in [4.69, 9.17) is 22.1 Å². The minimum absolute atomic E-state index is 0.497. The number of ether oxygens (including phenoxy) is 1. The number of nitrogen functional groups attached to an aromatic ring is 1. The van der Waals surface area contributed by atoms with E-state index in [0.29, 0.717) is 27.8 Å². The zero-order chi connectivity index (χ0) is 11.5. The van der Waals surface area contributed by atoms with Crippen LogP contribution in [0.15, 0.2) is 30.6 Å². The molecule has 16 heavy (non-hydrogen) atoms. The number of aromatic nitrogens is 2. The van der Waals surface area contributed by atoms with Crippen LogP contribution in [-0.2, 0) is 0 Å². The summed E-state index contributed by atoms with van der Waals surface area (Å²) in [6, 6.07) is 5.38. The lowest BCUT2D eigenvalue weighted by Gasteiger charge is -2.08. The molecule has 82 valence electrons. The topological polar surface area (TPSA) is 61.0 Å². The van der Waals surface area contributed by atoms with Crippen LogP contribution in [0.5, 0.6) is 5.75 Å². The Labute approximate surface area is 98.0 Å². The van der Waals surface area contributed by atoms with Gasteiger partial charge in [-0.1, -0.05) is 17.7 Å². The molecule has 0 saturated carbocycles. The molecule has 0 fully saturated rings. The van der Waals surface area contributed by atoms with E-state index in [2.05, 4.69) is 9.97 Å². The summed E-state index contributed by atoms with van der Waals surface area (Å²) in [5.41, 5.74) is 6.71. The van der Waals surface area contributed by atoms with Crippen molar-refractivity contribution in [3.63, 3.8) is 0 Å². The molecule has 0 aliphatic rings. The second kappa shape index (κ2) is 4.37. The molecule has 5 heteroatoms. The van der Waals surface area contributed by atoms with Gasteiger partial charge in [-0.3, -0.25) is 0 Å². The molecule has 0 bridgehead atoms. The molecule has 0 aliphatic carbocycles. The number of hydrogen-bond acceptors (Lipinski definition) is 4. The van der Waals surface area contributed by atoms with Gasteiger partial charge in [0.15, 0.2) is 5.82 Å². The molecular formula is C11H10ClN3O. The van der Waals surface area contributed by atoms with Crippen LogP contribution in [0, 0.1) is 0 Å². The summed E-state index contributed by atoms with van der Waals surface area (Å²) in [7, 11) is 1.58. The quantitative estimate of drug-likeness (QED) is 0.868. The minimum Gasteiger partial charge on any atom is -0.496 e. The first kappa shape index (κ1) is 10.7. The van der Waals surface area contributed by atoms with Crippen LogP contribution in [-0.4, -0.2) is 17.1 Å². The van der Waals surface area contributed by atoms with Crippen molar-refractivity contribution < 1.29 is 4.74 Å². The second-order valence-corrected chi connectivity index (χ2v) is 3.56. The summed E-state index contributed by atoms with van der Waals surface area (Å²) in [6.45, 7) is 0. The number of halogens is 1. The normalized spacial score (nSPS) is 10.1. The van der Waals surface area contributed by atoms with Gasteiger partial charge in [0.05, 0.1) is 35.8 Å². The number of hydrogen-bond donors (Lipinski definition) is 1. The predicted octanol–water partition coefficient (Wildman–Crippen LogP) is 2.39. The van der Waals surface area contributed by atoms with Crippen LogP contribution in [0.1, 0.15) is 0 Å². The maximum absolute atomic E-state index is 6.09. The van der Waals surface area contributed by atoms with Gasteiger partial charge in [0.2, 0.25) is 0 Å². The van der Waals surface area contributed by atoms with E-state index < -0.39 is 0 Å². The van der Waals surface area contributed by atoms with Gasteiger partial charge in [0.25, 0.3) is 0 Å². The van der Waals surface area contributed by atoms with Gasteiger partial charge in [-0.05, 0) is 12.1 Å². The van der Waals surface area contributed by atoms with Crippen molar-refractivity contribution in [2.24, 2.45) is 0 Å². The van der Waals surface area contributed by atoms with E-state index in [1.54, 1.807) is 19.2 Å². The molecule has 1 aromatic carbocycles. The molecule has 0 spiro atoms. The van der Waals surface area contributed by atoms with Crippen molar-refractivity contribution in [1.29, 1.82) is 0 Å². The fourth-order valence-electron chi connectivity index (χ4n) is 1.36. The summed E-state index contributed by atoms with van der Waals surface area (Å²) in [5.74, 6) is 1.13. The van der Waals surface area contributed by atoms with Crippen molar-refractivity contribution in [2.45, 2.75) is 0 Å². The molecule has 0 saturated heterocycles. The second-order valence-electron chi connectivity index (χ2n) is 3.16. The van der Waals surface area contributed by atoms with Crippen LogP contribution < -0.4 is 10.5 Å². The van der Waals surface area contributed by atoms with Gasteiger partial charge in [-0.2, -0.15) is 0 Å². The lowest BCUT2D eigenvalue weighted by Crippen LogP contribution is -1.95. The maximum Gasteiger partial charge on any atom is 0.164 e. The van der Waals surface area contributed by atoms with Crippen molar-refractivity contribution in [3.8, 4) is 17.1 Å². The highest BCUT2D eigenvalue weighted by Crippen LogP contribution is 2.33. The van der Waals surface area contributed by atoms with Crippen molar-refractivity contribution in [1.82, 2.24) is 9.97 Å². The average molecular weight is 236 g/mol. The summed E-state index contributed by atoms with van der Waals surface area (Å²) in [5, 5.41) is 0.545. The first-order valence-electron chi connectivity index (χ1n) is 4.63. The smallest absolute Gasteiger partial charge is 0.164 e. The lowest BCUT2D eigenvalue weighted by atomic mass is 10.2. The third-order valence-corrected chi connectivity index (χ3v) is 2.41. The first-order chi connectivity index (χ1) is 7.72. The van der Waals surface area contributed by atoms with Gasteiger partial charge in [-0.15, -0.1) is 0 Å². The Morgan fingerprint density at radius 1 is 1.25 bits per heavy atom. The fraction of sp³-hybridized carbons (Fsp3) is 0.0909. The Hall–Kier alpha value is -1.81. The number of benzene rings is 1. The van der Waals surface area contributed by atoms with Crippen LogP contribution in [0.4, 0.5) is 5.69 Å². The Morgan fingerprint density at radius 2 is 1.94 bits per heavy atom. The van der Waals surface area contributed by atoms with E-state index in [1.165, 1.54) is 12.4 Å². The average Bonchev–Trinajstić information content (AvgIpc) is 2.30. The molecule has 1 aromatic heterocycles. The molecule has 0 amide bonds. The zero-order valence-electron chi connectivity index (χ0n) is 8.64. The number of nitrogens with two attached hydrogens (primary N) is 1. The molecule has 0 atom stereocenters. The predicted molar refractivity (Wildman–Crippen MR) is 63.4 cm³/mol. The van der Waals surface area contributed by atoms with E-state index in [1.807, 2.05) is 6.07 Å². The van der Waals surface area contributed by atoms with Crippen molar-refractivity contribution in [2.75, 3.05) is 12.8 Å². The Kier molecular flexibility index (Phi) is 2.92. The number of rotatable bonds is 2. The number of nitrogens with zero attached hydrogens (tertiary/aromatic N) is 2. The van der Waals surface area contributed by atoms with Crippen LogP contribution in [0.3, 0.4) is 0 Å². The summed E-state index contributed by atoms with van der Waals surface area (Å²) < 4.78 is 5.22. The number of anilines is 1. The number of methoxy groups -OCH3 is 1. The molecule has 2 aromatic rings. The Balaban J connectivity index is 2.58. The third-order valence-electron chi connectivity index (χ3n) is 2.09. The third kappa shape index (κ3) is 1.92. The molecule has 0 aliphatic heterocycles. The molecular weight excluding hydrogens is 226 g/mol. The Bertz CT molecular complexity index is 499. The van der Waals surface area contributed by atoms with Crippen LogP contribution in [0.25, 0.3) is 11.4 Å². The van der Waals surface area contributed by atoms with Gasteiger partial charge >= 0.3 is 0 Å². The molecule has 0 unspecified atom stereocenters. The van der Waals surface area contributed by atoms with Gasteiger partial charge in [-0.25, -0.2) is 9.97 Å². The summed E-state index contributed by atoms with van der Waals surface area (Å²) in [6.07, 6.45) is 3.07. The highest BCUT2D eigenvalue weighted by atomic mass is 35.5. The van der Waals surface area contributed by atoms with E-state index >= 15 is 0 Å². The largest absolute Gasteiger partial charge is 0.496 e. The first-order valence-corrected chi connectivity index (χ1v) is 5.00. The molecule has 2 rings (SSSR count). The highest BCUT2D eigenvalue weighted by Gasteiger charge is 2.12. The maximum atomic E-state index is 6.09. The lowest BCUT2D eigenvalue weighted by molar-refractivity contribution is 0.416. The van der Waals surface area contributed by atoms with Gasteiger partial charge in [0, 0.05) is 0 Å². The van der Waals surface area contributed by atoms with Gasteiger partial charge in [0.1, 0.15) is 5.75 Å². The van der Waals surface area contributed by atoms with Crippen LogP contribution in [0.2, 0.25) is 5.02 Å². The van der Waals surface area contributed by atoms with E-state index in [-0.39, 0.29) is 0 Å². The Morgan fingerprint density at radius 3 is 2.56 bits per heavy atom. The minimum atomic E-state index is 0.497. The monoisotopic (exact) mass is 235 g/mol. The SMILES string of the molecule is COc1cccc(Cl)c1-c1ncc(N)cn1. The highest BCUT2D eigenvalue weighted by molar-refractivity contribution is 6.33. The van der Waals surface area contributed by atoms with Crippen molar-refractivity contribution in [3.05, 3.63) is 35.6 Å². The molecule has 0 radical (unpaired) electrons. The zero-order valence-corrected chi connectivity index (χ0v) is 9.40. The molecule has 1 heterocycles. The fourth-order valence-corrected chi connectivity index (χ4v) is 1.61. The van der Waals surface area contributed by atoms with Crippen LogP contribution >= 0.6 is 11.6 Å². The van der Waals surface area contributed by atoms with Gasteiger partial charge < -0.3 is 10.5 Å². The summed E-state index contributed by atoms with van der Waals surface area (Å²) in [4.78, 5) is 8.23. The van der Waals surface area contributed by atoms with E-state index in [0.717, 1.165) is 0 Å².